The van der Waals surface area contributed by atoms with Gasteiger partial charge >= 0.3 is 0 Å². The first kappa shape index (κ1) is 26.4. The summed E-state index contributed by atoms with van der Waals surface area (Å²) < 4.78 is 58.8. The Balaban J connectivity index is 1.43. The number of halogens is 1. The summed E-state index contributed by atoms with van der Waals surface area (Å²) in [7, 11) is -4.35. The van der Waals surface area contributed by atoms with E-state index >= 15 is 0 Å². The number of anilines is 2. The van der Waals surface area contributed by atoms with E-state index in [0.717, 1.165) is 10.4 Å². The van der Waals surface area contributed by atoms with Crippen LogP contribution < -0.4 is 19.1 Å². The van der Waals surface area contributed by atoms with Crippen LogP contribution in [0.25, 0.3) is 0 Å². The van der Waals surface area contributed by atoms with Crippen molar-refractivity contribution in [1.82, 2.24) is 4.90 Å². The molecule has 0 saturated carbocycles. The molecule has 2 amide bonds. The lowest BCUT2D eigenvalue weighted by atomic mass is 10.1. The van der Waals surface area contributed by atoms with Crippen molar-refractivity contribution in [2.45, 2.75) is 4.90 Å². The number of nitrogens with one attached hydrogen (secondary N) is 1. The van der Waals surface area contributed by atoms with Gasteiger partial charge in [-0.1, -0.05) is 18.2 Å². The number of amides is 2. The third kappa shape index (κ3) is 5.81. The third-order valence-corrected chi connectivity index (χ3v) is 7.98. The second kappa shape index (κ2) is 11.3. The number of benzene rings is 3. The number of fused-ring (bicyclic) bond motifs is 1. The maximum atomic E-state index is 14.1. The van der Waals surface area contributed by atoms with Crippen LogP contribution in [-0.4, -0.2) is 71.2 Å². The van der Waals surface area contributed by atoms with E-state index in [4.69, 9.17) is 14.2 Å². The number of para-hydroxylation sites is 1. The first-order chi connectivity index (χ1) is 18.8. The Kier molecular flexibility index (Phi) is 7.66. The Bertz CT molecular complexity index is 1490. The Morgan fingerprint density at radius 2 is 1.64 bits per heavy atom. The zero-order valence-corrected chi connectivity index (χ0v) is 21.7. The standard InChI is InChI=1S/C27H26FN3O7S/c28-19-4-3-5-20(16-19)31(39(34,35)21-8-9-24-25(17-21)38-15-14-37-24)18-26(32)29-23-7-2-1-6-22(23)27(33)30-10-12-36-13-11-30/h1-9,16-17H,10-15,18H2,(H,29,32). The first-order valence-electron chi connectivity index (χ1n) is 12.3. The molecule has 2 aliphatic rings. The molecule has 0 unspecified atom stereocenters. The maximum absolute atomic E-state index is 14.1. The number of hydrogen-bond donors (Lipinski definition) is 1. The Labute approximate surface area is 224 Å². The summed E-state index contributed by atoms with van der Waals surface area (Å²) in [6.07, 6.45) is 0. The van der Waals surface area contributed by atoms with Crippen molar-refractivity contribution in [1.29, 1.82) is 0 Å². The molecule has 3 aromatic carbocycles. The number of rotatable bonds is 7. The van der Waals surface area contributed by atoms with Crippen LogP contribution >= 0.6 is 0 Å². The lowest BCUT2D eigenvalue weighted by molar-refractivity contribution is -0.114. The molecular formula is C27H26FN3O7S. The number of ether oxygens (including phenoxy) is 3. The minimum absolute atomic E-state index is 0.0438. The Morgan fingerprint density at radius 1 is 0.897 bits per heavy atom. The van der Waals surface area contributed by atoms with Gasteiger partial charge in [-0.15, -0.1) is 0 Å². The number of hydrogen-bond acceptors (Lipinski definition) is 7. The van der Waals surface area contributed by atoms with Gasteiger partial charge in [-0.3, -0.25) is 13.9 Å². The van der Waals surface area contributed by atoms with E-state index in [1.54, 1.807) is 29.2 Å². The molecule has 0 aromatic heterocycles. The predicted octanol–water partition coefficient (Wildman–Crippen LogP) is 2.90. The monoisotopic (exact) mass is 555 g/mol. The quantitative estimate of drug-likeness (QED) is 0.477. The smallest absolute Gasteiger partial charge is 0.264 e. The Hall–Kier alpha value is -4.16. The second-order valence-corrected chi connectivity index (χ2v) is 10.7. The highest BCUT2D eigenvalue weighted by molar-refractivity contribution is 7.92. The van der Waals surface area contributed by atoms with E-state index in [1.807, 2.05) is 0 Å². The van der Waals surface area contributed by atoms with Gasteiger partial charge in [0.05, 0.1) is 35.0 Å². The van der Waals surface area contributed by atoms with Crippen molar-refractivity contribution >= 4 is 33.2 Å². The largest absolute Gasteiger partial charge is 0.486 e. The first-order valence-corrected chi connectivity index (χ1v) is 13.7. The topological polar surface area (TPSA) is 114 Å². The Morgan fingerprint density at radius 3 is 2.41 bits per heavy atom. The van der Waals surface area contributed by atoms with Crippen molar-refractivity contribution in [2.75, 3.05) is 55.7 Å². The minimum atomic E-state index is -4.35. The molecule has 1 saturated heterocycles. The molecule has 0 bridgehead atoms. The van der Waals surface area contributed by atoms with E-state index in [1.165, 1.54) is 36.4 Å². The molecule has 0 radical (unpaired) electrons. The normalized spacial score (nSPS) is 14.9. The SMILES string of the molecule is O=C(CN(c1cccc(F)c1)S(=O)(=O)c1ccc2c(c1)OCCO2)Nc1ccccc1C(=O)N1CCOCC1. The number of morpholine rings is 1. The molecule has 2 heterocycles. The zero-order valence-electron chi connectivity index (χ0n) is 20.8. The van der Waals surface area contributed by atoms with E-state index in [0.29, 0.717) is 38.7 Å². The summed E-state index contributed by atoms with van der Waals surface area (Å²) in [5.41, 5.74) is 0.451. The summed E-state index contributed by atoms with van der Waals surface area (Å²) >= 11 is 0. The van der Waals surface area contributed by atoms with Crippen LogP contribution in [0.2, 0.25) is 0 Å². The van der Waals surface area contributed by atoms with Gasteiger partial charge in [0.25, 0.3) is 15.9 Å². The fraction of sp³-hybridized carbons (Fsp3) is 0.259. The van der Waals surface area contributed by atoms with Crippen LogP contribution in [0.5, 0.6) is 11.5 Å². The van der Waals surface area contributed by atoms with E-state index in [9.17, 15) is 22.4 Å². The molecule has 1 N–H and O–H groups in total. The van der Waals surface area contributed by atoms with Crippen molar-refractivity contribution in [2.24, 2.45) is 0 Å². The molecule has 10 nitrogen and oxygen atoms in total. The van der Waals surface area contributed by atoms with Crippen LogP contribution in [0, 0.1) is 5.82 Å². The van der Waals surface area contributed by atoms with Gasteiger partial charge in [-0.25, -0.2) is 12.8 Å². The molecule has 2 aliphatic heterocycles. The molecule has 204 valence electrons. The maximum Gasteiger partial charge on any atom is 0.264 e. The van der Waals surface area contributed by atoms with E-state index in [2.05, 4.69) is 5.32 Å². The summed E-state index contributed by atoms with van der Waals surface area (Å²) in [5.74, 6) is -1.02. The van der Waals surface area contributed by atoms with Crippen molar-refractivity contribution < 1.29 is 36.6 Å². The summed E-state index contributed by atoms with van der Waals surface area (Å²) in [6.45, 7) is 1.59. The zero-order chi connectivity index (χ0) is 27.4. The summed E-state index contributed by atoms with van der Waals surface area (Å²) in [6, 6.07) is 15.5. The summed E-state index contributed by atoms with van der Waals surface area (Å²) in [4.78, 5) is 27.8. The van der Waals surface area contributed by atoms with Gasteiger partial charge in [0, 0.05) is 19.2 Å². The van der Waals surface area contributed by atoms with Gasteiger partial charge in [0.1, 0.15) is 25.6 Å². The van der Waals surface area contributed by atoms with Crippen molar-refractivity contribution in [3.05, 3.63) is 78.1 Å². The summed E-state index contributed by atoms with van der Waals surface area (Å²) in [5, 5.41) is 2.66. The molecule has 0 aliphatic carbocycles. The molecule has 12 heteroatoms. The lowest BCUT2D eigenvalue weighted by Gasteiger charge is -2.28. The van der Waals surface area contributed by atoms with Gasteiger partial charge in [0.2, 0.25) is 5.91 Å². The number of carbonyl (C=O) groups is 2. The molecule has 0 spiro atoms. The van der Waals surface area contributed by atoms with Crippen LogP contribution in [0.3, 0.4) is 0 Å². The number of nitrogens with zero attached hydrogens (tertiary/aromatic N) is 2. The number of carbonyl (C=O) groups excluding carboxylic acids is 2. The fourth-order valence-electron chi connectivity index (χ4n) is 4.29. The average molecular weight is 556 g/mol. The van der Waals surface area contributed by atoms with Crippen LogP contribution in [0.1, 0.15) is 10.4 Å². The van der Waals surface area contributed by atoms with Crippen LogP contribution in [0.4, 0.5) is 15.8 Å². The second-order valence-electron chi connectivity index (χ2n) is 8.80. The van der Waals surface area contributed by atoms with Crippen LogP contribution in [0.15, 0.2) is 71.6 Å². The lowest BCUT2D eigenvalue weighted by Crippen LogP contribution is -2.41. The highest BCUT2D eigenvalue weighted by Gasteiger charge is 2.30. The highest BCUT2D eigenvalue weighted by Crippen LogP contribution is 2.34. The fourth-order valence-corrected chi connectivity index (χ4v) is 5.72. The van der Waals surface area contributed by atoms with E-state index in [-0.39, 0.29) is 40.1 Å². The van der Waals surface area contributed by atoms with Gasteiger partial charge in [-0.2, -0.15) is 0 Å². The minimum Gasteiger partial charge on any atom is -0.486 e. The van der Waals surface area contributed by atoms with Crippen molar-refractivity contribution in [3.63, 3.8) is 0 Å². The number of sulfonamides is 1. The van der Waals surface area contributed by atoms with Crippen molar-refractivity contribution in [3.8, 4) is 11.5 Å². The molecular weight excluding hydrogens is 529 g/mol. The highest BCUT2D eigenvalue weighted by atomic mass is 32.2. The molecule has 3 aromatic rings. The predicted molar refractivity (Wildman–Crippen MR) is 140 cm³/mol. The van der Waals surface area contributed by atoms with Gasteiger partial charge in [-0.05, 0) is 42.5 Å². The van der Waals surface area contributed by atoms with Gasteiger partial charge in [0.15, 0.2) is 11.5 Å². The average Bonchev–Trinajstić information content (AvgIpc) is 2.96. The van der Waals surface area contributed by atoms with E-state index < -0.39 is 28.3 Å². The molecule has 1 fully saturated rings. The molecule has 0 atom stereocenters. The third-order valence-electron chi connectivity index (χ3n) is 6.21. The van der Waals surface area contributed by atoms with Crippen LogP contribution in [-0.2, 0) is 19.6 Å². The van der Waals surface area contributed by atoms with Gasteiger partial charge < -0.3 is 24.4 Å². The molecule has 5 rings (SSSR count). The molecule has 39 heavy (non-hydrogen) atoms.